The minimum atomic E-state index is 0.508. The van der Waals surface area contributed by atoms with Crippen LogP contribution in [-0.2, 0) is 0 Å². The molecule has 6 nitrogen and oxygen atoms in total. The Bertz CT molecular complexity index is 3450. The van der Waals surface area contributed by atoms with Crippen molar-refractivity contribution in [3.8, 4) is 73.3 Å². The molecular weight excluding hydrogens is 805 g/mol. The van der Waals surface area contributed by atoms with Crippen molar-refractivity contribution in [1.82, 2.24) is 24.1 Å². The highest BCUT2D eigenvalue weighted by Gasteiger charge is 2.26. The molecule has 0 saturated heterocycles. The van der Waals surface area contributed by atoms with Crippen molar-refractivity contribution in [2.45, 2.75) is 13.8 Å². The summed E-state index contributed by atoms with van der Waals surface area (Å²) in [5.74, 6) is 1.74. The van der Waals surface area contributed by atoms with Gasteiger partial charge >= 0.3 is 0 Å². The Balaban J connectivity index is 1.26. The first-order valence-electron chi connectivity index (χ1n) is 22.2. The largest absolute Gasteiger partial charge is 0.308 e. The van der Waals surface area contributed by atoms with Crippen LogP contribution in [0.15, 0.2) is 206 Å². The van der Waals surface area contributed by atoms with Crippen molar-refractivity contribution in [3.63, 3.8) is 0 Å². The van der Waals surface area contributed by atoms with Crippen LogP contribution >= 0.6 is 0 Å². The second-order valence-corrected chi connectivity index (χ2v) is 16.8. The molecule has 0 N–H and O–H groups in total. The highest BCUT2D eigenvalue weighted by molar-refractivity contribution is 6.14. The molecule has 3 heterocycles. The van der Waals surface area contributed by atoms with Crippen LogP contribution in [0.2, 0.25) is 0 Å². The summed E-state index contributed by atoms with van der Waals surface area (Å²) < 4.78 is 4.66. The summed E-state index contributed by atoms with van der Waals surface area (Å²) in [5.41, 5.74) is 15.7. The third kappa shape index (κ3) is 6.53. The quantitative estimate of drug-likeness (QED) is 0.160. The highest BCUT2D eigenvalue weighted by atomic mass is 15.1. The average molecular weight is 845 g/mol. The van der Waals surface area contributed by atoms with Crippen LogP contribution in [0.5, 0.6) is 0 Å². The van der Waals surface area contributed by atoms with E-state index in [9.17, 15) is 5.26 Å². The van der Waals surface area contributed by atoms with Gasteiger partial charge in [-0.15, -0.1) is 0 Å². The molecular formula is C60H40N6. The third-order valence-electron chi connectivity index (χ3n) is 12.8. The number of aromatic nitrogens is 5. The smallest absolute Gasteiger partial charge is 0.167 e. The van der Waals surface area contributed by atoms with Crippen molar-refractivity contribution in [1.29, 1.82) is 5.26 Å². The van der Waals surface area contributed by atoms with Crippen LogP contribution < -0.4 is 0 Å². The van der Waals surface area contributed by atoms with E-state index < -0.39 is 0 Å². The van der Waals surface area contributed by atoms with E-state index in [-0.39, 0.29) is 0 Å². The summed E-state index contributed by atoms with van der Waals surface area (Å²) in [6.07, 6.45) is 0. The Morgan fingerprint density at radius 2 is 0.652 bits per heavy atom. The highest BCUT2D eigenvalue weighted by Crippen LogP contribution is 2.44. The number of rotatable bonds is 7. The van der Waals surface area contributed by atoms with Gasteiger partial charge in [0.15, 0.2) is 5.82 Å². The second kappa shape index (κ2) is 15.7. The van der Waals surface area contributed by atoms with Crippen LogP contribution in [0.25, 0.3) is 111 Å². The fourth-order valence-corrected chi connectivity index (χ4v) is 9.78. The number of aryl methyl sites for hydroxylation is 2. The summed E-state index contributed by atoms with van der Waals surface area (Å²) in [7, 11) is 0. The molecule has 0 atom stereocenters. The van der Waals surface area contributed by atoms with Gasteiger partial charge in [0.2, 0.25) is 0 Å². The van der Waals surface area contributed by atoms with E-state index in [0.29, 0.717) is 23.0 Å². The van der Waals surface area contributed by atoms with Crippen LogP contribution in [0.4, 0.5) is 0 Å². The zero-order valence-corrected chi connectivity index (χ0v) is 36.3. The third-order valence-corrected chi connectivity index (χ3v) is 12.8. The van der Waals surface area contributed by atoms with Crippen molar-refractivity contribution in [2.75, 3.05) is 0 Å². The summed E-state index contributed by atoms with van der Waals surface area (Å²) in [5, 5.41) is 15.5. The normalized spacial score (nSPS) is 11.5. The first-order chi connectivity index (χ1) is 32.5. The van der Waals surface area contributed by atoms with Gasteiger partial charge in [0.25, 0.3) is 0 Å². The Kier molecular flexibility index (Phi) is 9.22. The Morgan fingerprint density at radius 3 is 0.939 bits per heavy atom. The summed E-state index contributed by atoms with van der Waals surface area (Å²) in [4.78, 5) is 15.0. The molecule has 0 fully saturated rings. The molecule has 0 bridgehead atoms. The fourth-order valence-electron chi connectivity index (χ4n) is 9.78. The predicted molar refractivity (Wildman–Crippen MR) is 270 cm³/mol. The number of benzene rings is 9. The average Bonchev–Trinajstić information content (AvgIpc) is 3.87. The van der Waals surface area contributed by atoms with Gasteiger partial charge < -0.3 is 9.13 Å². The molecule has 66 heavy (non-hydrogen) atoms. The second-order valence-electron chi connectivity index (χ2n) is 16.8. The monoisotopic (exact) mass is 844 g/mol. The van der Waals surface area contributed by atoms with Crippen LogP contribution in [-0.4, -0.2) is 24.1 Å². The molecule has 0 saturated carbocycles. The lowest BCUT2D eigenvalue weighted by Crippen LogP contribution is -2.08. The maximum atomic E-state index is 11.1. The molecule has 0 spiro atoms. The van der Waals surface area contributed by atoms with Crippen LogP contribution in [0.1, 0.15) is 17.2 Å². The SMILES string of the molecule is Cc1nc(C)nc(-c2c(-n3c4cc(-c5ccccc5)ccc4c4ccc(-c5ccccc5)cc43)cc(C#N)cc2-n2c3cc(-c4ccccc4)ccc3c3ccc(-c4ccccc4)cc32)n1. The Labute approximate surface area is 382 Å². The molecule has 0 radical (unpaired) electrons. The molecule has 0 unspecified atom stereocenters. The van der Waals surface area contributed by atoms with Crippen molar-refractivity contribution >= 4 is 43.6 Å². The Hall–Kier alpha value is -8.92. The molecule has 12 aromatic rings. The number of hydrogen-bond donors (Lipinski definition) is 0. The first kappa shape index (κ1) is 38.7. The zero-order chi connectivity index (χ0) is 44.3. The van der Waals surface area contributed by atoms with Gasteiger partial charge in [0, 0.05) is 21.5 Å². The molecule has 6 heteroatoms. The van der Waals surface area contributed by atoms with Gasteiger partial charge in [-0.2, -0.15) is 5.26 Å². The standard InChI is InChI=1S/C60H40N6/c1-38-62-39(2)64-60(63-38)59-57(65-53-33-45(41-15-7-3-8-16-41)23-27-49(53)50-28-24-46(34-54(50)65)42-17-9-4-10-18-42)31-40(37-61)32-58(59)66-55-35-47(43-19-11-5-12-20-43)25-29-51(55)52-30-26-48(36-56(52)66)44-21-13-6-14-22-44/h3-36H,1-2H3. The number of hydrogen-bond acceptors (Lipinski definition) is 4. The van der Waals surface area contributed by atoms with E-state index in [1.807, 2.05) is 50.2 Å². The summed E-state index contributed by atoms with van der Waals surface area (Å²) in [6.45, 7) is 3.83. The first-order valence-corrected chi connectivity index (χ1v) is 22.2. The van der Waals surface area contributed by atoms with E-state index in [4.69, 9.17) is 9.97 Å². The molecule has 310 valence electrons. The maximum Gasteiger partial charge on any atom is 0.167 e. The van der Waals surface area contributed by atoms with Crippen molar-refractivity contribution in [3.05, 3.63) is 223 Å². The van der Waals surface area contributed by atoms with Gasteiger partial charge in [0.05, 0.1) is 50.6 Å². The molecule has 0 aliphatic heterocycles. The van der Waals surface area contributed by atoms with Crippen molar-refractivity contribution < 1.29 is 0 Å². The zero-order valence-electron chi connectivity index (χ0n) is 36.3. The van der Waals surface area contributed by atoms with Gasteiger partial charge in [-0.1, -0.05) is 170 Å². The van der Waals surface area contributed by atoms with Gasteiger partial charge in [-0.25, -0.2) is 15.0 Å². The van der Waals surface area contributed by atoms with E-state index in [1.54, 1.807) is 0 Å². The molecule has 0 amide bonds. The number of nitriles is 1. The minimum absolute atomic E-state index is 0.508. The molecule has 12 rings (SSSR count). The Morgan fingerprint density at radius 1 is 0.348 bits per heavy atom. The van der Waals surface area contributed by atoms with Crippen LogP contribution in [0, 0.1) is 25.2 Å². The van der Waals surface area contributed by atoms with Crippen molar-refractivity contribution in [2.24, 2.45) is 0 Å². The molecule has 0 aliphatic rings. The maximum absolute atomic E-state index is 11.1. The van der Waals surface area contributed by atoms with Gasteiger partial charge in [0.1, 0.15) is 11.6 Å². The number of nitrogens with zero attached hydrogens (tertiary/aromatic N) is 6. The van der Waals surface area contributed by atoms with E-state index in [0.717, 1.165) is 105 Å². The molecule has 9 aromatic carbocycles. The summed E-state index contributed by atoms with van der Waals surface area (Å²) >= 11 is 0. The lowest BCUT2D eigenvalue weighted by molar-refractivity contribution is 0.924. The molecule has 3 aromatic heterocycles. The molecule has 0 aliphatic carbocycles. The van der Waals surface area contributed by atoms with Gasteiger partial charge in [-0.3, -0.25) is 0 Å². The fraction of sp³-hybridized carbons (Fsp3) is 0.0333. The lowest BCUT2D eigenvalue weighted by Gasteiger charge is -2.20. The van der Waals surface area contributed by atoms with Crippen LogP contribution in [0.3, 0.4) is 0 Å². The van der Waals surface area contributed by atoms with E-state index in [2.05, 4.69) is 190 Å². The topological polar surface area (TPSA) is 72.3 Å². The number of fused-ring (bicyclic) bond motifs is 6. The van der Waals surface area contributed by atoms with E-state index in [1.165, 1.54) is 0 Å². The minimum Gasteiger partial charge on any atom is -0.308 e. The summed E-state index contributed by atoms with van der Waals surface area (Å²) in [6, 6.07) is 75.4. The van der Waals surface area contributed by atoms with Gasteiger partial charge in [-0.05, 0) is 94.8 Å². The predicted octanol–water partition coefficient (Wildman–Crippen LogP) is 14.9. The van der Waals surface area contributed by atoms with E-state index >= 15 is 0 Å². The lowest BCUT2D eigenvalue weighted by atomic mass is 10.0.